The van der Waals surface area contributed by atoms with Gasteiger partial charge in [0.2, 0.25) is 0 Å². The Morgan fingerprint density at radius 1 is 0.923 bits per heavy atom. The van der Waals surface area contributed by atoms with Crippen LogP contribution < -0.4 is 0 Å². The molecule has 3 nitrogen and oxygen atoms in total. The molecule has 132 valence electrons. The predicted molar refractivity (Wildman–Crippen MR) is 109 cm³/mol. The molecule has 1 saturated carbocycles. The Hall–Kier alpha value is -2.33. The van der Waals surface area contributed by atoms with E-state index < -0.39 is 0 Å². The van der Waals surface area contributed by atoms with Crippen molar-refractivity contribution < 1.29 is 4.79 Å². The summed E-state index contributed by atoms with van der Waals surface area (Å²) >= 11 is 1.50. The van der Waals surface area contributed by atoms with E-state index >= 15 is 0 Å². The number of carbonyl (C=O) groups excluding carboxylic acids is 1. The molecular formula is C22H22N2OS. The van der Waals surface area contributed by atoms with E-state index in [1.807, 2.05) is 71.6 Å². The van der Waals surface area contributed by atoms with Crippen LogP contribution in [0.1, 0.15) is 37.7 Å². The van der Waals surface area contributed by atoms with Gasteiger partial charge < -0.3 is 0 Å². The van der Waals surface area contributed by atoms with Gasteiger partial charge in [-0.15, -0.1) is 0 Å². The maximum Gasteiger partial charge on any atom is 0.267 e. The van der Waals surface area contributed by atoms with Crippen molar-refractivity contribution in [1.82, 2.24) is 4.90 Å². The first kappa shape index (κ1) is 17.1. The Balaban J connectivity index is 1.69. The van der Waals surface area contributed by atoms with Crippen molar-refractivity contribution >= 4 is 34.6 Å². The number of para-hydroxylation sites is 1. The fourth-order valence-electron chi connectivity index (χ4n) is 3.54. The number of carbonyl (C=O) groups is 1. The first-order chi connectivity index (χ1) is 12.8. The third-order valence-electron chi connectivity index (χ3n) is 4.86. The largest absolute Gasteiger partial charge is 0.283 e. The quantitative estimate of drug-likeness (QED) is 0.664. The summed E-state index contributed by atoms with van der Waals surface area (Å²) in [5.74, 6) is 0.0976. The molecule has 0 bridgehead atoms. The molecule has 2 aromatic carbocycles. The molecule has 0 N–H and O–H groups in total. The average molecular weight is 362 g/mol. The van der Waals surface area contributed by atoms with Gasteiger partial charge >= 0.3 is 0 Å². The fraction of sp³-hybridized carbons (Fsp3) is 0.273. The van der Waals surface area contributed by atoms with Crippen LogP contribution in [0.4, 0.5) is 5.69 Å². The van der Waals surface area contributed by atoms with E-state index in [1.165, 1.54) is 31.0 Å². The van der Waals surface area contributed by atoms with E-state index in [0.29, 0.717) is 0 Å². The number of thioether (sulfide) groups is 1. The van der Waals surface area contributed by atoms with Crippen LogP contribution in [-0.2, 0) is 4.79 Å². The molecule has 0 unspecified atom stereocenters. The van der Waals surface area contributed by atoms with Gasteiger partial charge in [0.25, 0.3) is 5.91 Å². The Morgan fingerprint density at radius 3 is 2.27 bits per heavy atom. The Labute approximate surface area is 158 Å². The monoisotopic (exact) mass is 362 g/mol. The van der Waals surface area contributed by atoms with Gasteiger partial charge in [-0.2, -0.15) is 0 Å². The van der Waals surface area contributed by atoms with Gasteiger partial charge in [-0.05, 0) is 48.4 Å². The van der Waals surface area contributed by atoms with Crippen LogP contribution in [0.15, 0.2) is 70.6 Å². The molecule has 1 aliphatic heterocycles. The Bertz CT molecular complexity index is 824. The zero-order valence-corrected chi connectivity index (χ0v) is 15.5. The summed E-state index contributed by atoms with van der Waals surface area (Å²) in [6, 6.07) is 20.2. The molecule has 2 aromatic rings. The normalized spacial score (nSPS) is 21.7. The highest BCUT2D eigenvalue weighted by atomic mass is 32.2. The van der Waals surface area contributed by atoms with Crippen LogP contribution in [0.2, 0.25) is 0 Å². The molecule has 1 aliphatic carbocycles. The Morgan fingerprint density at radius 2 is 1.58 bits per heavy atom. The highest BCUT2D eigenvalue weighted by Crippen LogP contribution is 2.38. The topological polar surface area (TPSA) is 32.7 Å². The van der Waals surface area contributed by atoms with Gasteiger partial charge in [0.15, 0.2) is 5.17 Å². The van der Waals surface area contributed by atoms with E-state index in [0.717, 1.165) is 34.2 Å². The standard InChI is InChI=1S/C22H22N2OS/c25-21-20(16-17-10-4-1-5-11-17)26-22(23-18-12-6-2-7-13-18)24(21)19-14-8-3-9-15-19/h1-2,4-7,10-13,16,19H,3,8-9,14-15H2/b20-16+,23-22?. The van der Waals surface area contributed by atoms with Crippen molar-refractivity contribution in [3.8, 4) is 0 Å². The fourth-order valence-corrected chi connectivity index (χ4v) is 4.60. The first-order valence-electron chi connectivity index (χ1n) is 9.23. The van der Waals surface area contributed by atoms with Crippen molar-refractivity contribution in [2.24, 2.45) is 4.99 Å². The summed E-state index contributed by atoms with van der Waals surface area (Å²) < 4.78 is 0. The molecular weight excluding hydrogens is 340 g/mol. The molecule has 1 amide bonds. The van der Waals surface area contributed by atoms with Gasteiger partial charge in [-0.3, -0.25) is 9.69 Å². The third-order valence-corrected chi connectivity index (χ3v) is 5.84. The van der Waals surface area contributed by atoms with Gasteiger partial charge in [-0.1, -0.05) is 67.8 Å². The lowest BCUT2D eigenvalue weighted by molar-refractivity contribution is -0.124. The van der Waals surface area contributed by atoms with Crippen LogP contribution in [0.25, 0.3) is 6.08 Å². The van der Waals surface area contributed by atoms with E-state index in [9.17, 15) is 4.79 Å². The minimum absolute atomic E-state index is 0.0976. The number of aliphatic imine (C=N–C) groups is 1. The van der Waals surface area contributed by atoms with E-state index in [1.54, 1.807) is 0 Å². The molecule has 0 atom stereocenters. The number of benzene rings is 2. The molecule has 2 fully saturated rings. The summed E-state index contributed by atoms with van der Waals surface area (Å²) in [6.45, 7) is 0. The molecule has 26 heavy (non-hydrogen) atoms. The summed E-state index contributed by atoms with van der Waals surface area (Å²) in [5.41, 5.74) is 1.94. The molecule has 0 spiro atoms. The lowest BCUT2D eigenvalue weighted by atomic mass is 9.94. The summed E-state index contributed by atoms with van der Waals surface area (Å²) in [6.07, 6.45) is 7.77. The number of rotatable bonds is 3. The summed E-state index contributed by atoms with van der Waals surface area (Å²) in [7, 11) is 0. The number of amides is 1. The minimum Gasteiger partial charge on any atom is -0.283 e. The maximum absolute atomic E-state index is 13.2. The zero-order chi connectivity index (χ0) is 17.8. The molecule has 4 heteroatoms. The molecule has 2 aliphatic rings. The number of nitrogens with zero attached hydrogens (tertiary/aromatic N) is 2. The zero-order valence-electron chi connectivity index (χ0n) is 14.7. The summed E-state index contributed by atoms with van der Waals surface area (Å²) in [4.78, 5) is 20.7. The number of hydrogen-bond donors (Lipinski definition) is 0. The second kappa shape index (κ2) is 7.92. The number of hydrogen-bond acceptors (Lipinski definition) is 3. The van der Waals surface area contributed by atoms with E-state index in [2.05, 4.69) is 0 Å². The van der Waals surface area contributed by atoms with Gasteiger partial charge in [-0.25, -0.2) is 4.99 Å². The summed E-state index contributed by atoms with van der Waals surface area (Å²) in [5, 5.41) is 0.815. The van der Waals surface area contributed by atoms with Gasteiger partial charge in [0, 0.05) is 6.04 Å². The van der Waals surface area contributed by atoms with Gasteiger partial charge in [0.1, 0.15) is 0 Å². The Kier molecular flexibility index (Phi) is 5.21. The van der Waals surface area contributed by atoms with Gasteiger partial charge in [0.05, 0.1) is 10.6 Å². The lowest BCUT2D eigenvalue weighted by Gasteiger charge is -2.30. The molecule has 4 rings (SSSR count). The molecule has 1 saturated heterocycles. The number of amidine groups is 1. The van der Waals surface area contributed by atoms with Crippen LogP contribution in [0, 0.1) is 0 Å². The van der Waals surface area contributed by atoms with Crippen LogP contribution in [0.3, 0.4) is 0 Å². The SMILES string of the molecule is O=C1/C(=C\c2ccccc2)SC(=Nc2ccccc2)N1C1CCCCC1. The third kappa shape index (κ3) is 3.75. The second-order valence-electron chi connectivity index (χ2n) is 6.72. The highest BCUT2D eigenvalue weighted by molar-refractivity contribution is 8.18. The van der Waals surface area contributed by atoms with Crippen LogP contribution >= 0.6 is 11.8 Å². The van der Waals surface area contributed by atoms with Crippen molar-refractivity contribution in [1.29, 1.82) is 0 Å². The molecule has 0 aromatic heterocycles. The lowest BCUT2D eigenvalue weighted by Crippen LogP contribution is -2.40. The maximum atomic E-state index is 13.2. The van der Waals surface area contributed by atoms with Crippen molar-refractivity contribution in [3.63, 3.8) is 0 Å². The van der Waals surface area contributed by atoms with Crippen molar-refractivity contribution in [2.75, 3.05) is 0 Å². The predicted octanol–water partition coefficient (Wildman–Crippen LogP) is 5.62. The highest BCUT2D eigenvalue weighted by Gasteiger charge is 2.38. The molecule has 1 heterocycles. The first-order valence-corrected chi connectivity index (χ1v) is 10.0. The van der Waals surface area contributed by atoms with E-state index in [4.69, 9.17) is 4.99 Å². The van der Waals surface area contributed by atoms with Crippen LogP contribution in [-0.4, -0.2) is 22.0 Å². The average Bonchev–Trinajstić information content (AvgIpc) is 2.99. The second-order valence-corrected chi connectivity index (χ2v) is 7.73. The minimum atomic E-state index is 0.0976. The van der Waals surface area contributed by atoms with E-state index in [-0.39, 0.29) is 11.9 Å². The molecule has 0 radical (unpaired) electrons. The van der Waals surface area contributed by atoms with Crippen molar-refractivity contribution in [3.05, 3.63) is 71.1 Å². The van der Waals surface area contributed by atoms with Crippen LogP contribution in [0.5, 0.6) is 0 Å². The smallest absolute Gasteiger partial charge is 0.267 e. The van der Waals surface area contributed by atoms with Crippen molar-refractivity contribution in [2.45, 2.75) is 38.1 Å².